The molecule has 13 heteroatoms. The number of carboxylic acid groups (broad SMARTS) is 1. The third-order valence-electron chi connectivity index (χ3n) is 6.79. The van der Waals surface area contributed by atoms with E-state index in [-0.39, 0.29) is 5.56 Å². The molecule has 13 nitrogen and oxygen atoms in total. The van der Waals surface area contributed by atoms with Crippen LogP contribution in [0.4, 0.5) is 0 Å². The fraction of sp³-hybridized carbons (Fsp3) is 0.423. The second kappa shape index (κ2) is 9.47. The summed E-state index contributed by atoms with van der Waals surface area (Å²) in [5.74, 6) is -7.98. The zero-order chi connectivity index (χ0) is 29.3. The van der Waals surface area contributed by atoms with Gasteiger partial charge in [0.05, 0.1) is 28.9 Å². The Kier molecular flexibility index (Phi) is 6.86. The van der Waals surface area contributed by atoms with Crippen molar-refractivity contribution in [2.24, 2.45) is 0 Å². The second-order valence-electron chi connectivity index (χ2n) is 10.4. The number of carboxylic acids is 1. The zero-order valence-electron chi connectivity index (χ0n) is 21.3. The van der Waals surface area contributed by atoms with Gasteiger partial charge in [0, 0.05) is 11.1 Å². The number of aromatic hydroxyl groups is 4. The lowest BCUT2D eigenvalue weighted by atomic mass is 9.77. The first-order chi connectivity index (χ1) is 18.0. The van der Waals surface area contributed by atoms with E-state index in [1.165, 1.54) is 6.92 Å². The molecule has 39 heavy (non-hydrogen) atoms. The molecule has 5 atom stereocenters. The minimum absolute atomic E-state index is 0.286. The van der Waals surface area contributed by atoms with Crippen LogP contribution in [0.1, 0.15) is 80.2 Å². The first-order valence-corrected chi connectivity index (χ1v) is 11.8. The summed E-state index contributed by atoms with van der Waals surface area (Å²) in [6.45, 7) is 5.26. The number of phenols is 4. The number of carbonyl (C=O) groups excluding carboxylic acids is 2. The number of benzene rings is 2. The number of aromatic carboxylic acids is 1. The lowest BCUT2D eigenvalue weighted by Crippen LogP contribution is -2.58. The van der Waals surface area contributed by atoms with Crippen LogP contribution in [0.15, 0.2) is 6.07 Å². The Hall–Kier alpha value is -3.75. The van der Waals surface area contributed by atoms with E-state index in [2.05, 4.69) is 0 Å². The monoisotopic (exact) mass is 548 g/mol. The number of carbonyl (C=O) groups is 3. The lowest BCUT2D eigenvalue weighted by molar-refractivity contribution is -0.263. The highest BCUT2D eigenvalue weighted by molar-refractivity contribution is 6.31. The number of rotatable bonds is 4. The third-order valence-corrected chi connectivity index (χ3v) is 6.79. The Balaban J connectivity index is 1.95. The van der Waals surface area contributed by atoms with E-state index in [0.717, 1.165) is 6.07 Å². The summed E-state index contributed by atoms with van der Waals surface area (Å²) in [5.41, 5.74) is -5.15. The van der Waals surface area contributed by atoms with Crippen molar-refractivity contribution in [3.63, 3.8) is 0 Å². The topological polar surface area (TPSA) is 232 Å². The van der Waals surface area contributed by atoms with Crippen LogP contribution in [0.3, 0.4) is 0 Å². The second-order valence-corrected chi connectivity index (χ2v) is 10.4. The molecule has 1 saturated heterocycles. The summed E-state index contributed by atoms with van der Waals surface area (Å²) in [6, 6.07) is 0.742. The van der Waals surface area contributed by atoms with Crippen LogP contribution >= 0.6 is 0 Å². The predicted octanol–water partition coefficient (Wildman–Crippen LogP) is 0.629. The van der Waals surface area contributed by atoms with Crippen LogP contribution in [0.25, 0.3) is 0 Å². The molecule has 0 amide bonds. The molecule has 210 valence electrons. The van der Waals surface area contributed by atoms with Gasteiger partial charge in [-0.3, -0.25) is 9.59 Å². The van der Waals surface area contributed by atoms with Crippen molar-refractivity contribution in [3.8, 4) is 23.0 Å². The molecule has 0 saturated carbocycles. The minimum Gasteiger partial charge on any atom is -0.507 e. The van der Waals surface area contributed by atoms with Crippen LogP contribution in [-0.4, -0.2) is 95.0 Å². The average Bonchev–Trinajstić information content (AvgIpc) is 2.82. The fourth-order valence-corrected chi connectivity index (χ4v) is 5.12. The maximum absolute atomic E-state index is 13.6. The van der Waals surface area contributed by atoms with E-state index >= 15 is 0 Å². The predicted molar refractivity (Wildman–Crippen MR) is 129 cm³/mol. The quantitative estimate of drug-likeness (QED) is 0.165. The summed E-state index contributed by atoms with van der Waals surface area (Å²) in [7, 11) is 0. The number of hydrogen-bond acceptors (Lipinski definition) is 12. The van der Waals surface area contributed by atoms with Gasteiger partial charge < -0.3 is 50.3 Å². The van der Waals surface area contributed by atoms with Gasteiger partial charge in [0.15, 0.2) is 23.1 Å². The fourth-order valence-electron chi connectivity index (χ4n) is 5.12. The Morgan fingerprint density at radius 3 is 2.08 bits per heavy atom. The molecule has 2 aromatic carbocycles. The van der Waals surface area contributed by atoms with Crippen molar-refractivity contribution in [3.05, 3.63) is 45.0 Å². The number of aliphatic hydroxyl groups is 3. The number of ketones is 2. The number of hydrogen-bond donors (Lipinski definition) is 8. The van der Waals surface area contributed by atoms with Crippen LogP contribution < -0.4 is 0 Å². The van der Waals surface area contributed by atoms with Crippen molar-refractivity contribution in [2.45, 2.75) is 63.8 Å². The molecule has 0 aromatic heterocycles. The molecule has 4 rings (SSSR count). The molecule has 1 fully saturated rings. The van der Waals surface area contributed by atoms with Gasteiger partial charge in [-0.2, -0.15) is 0 Å². The maximum atomic E-state index is 13.6. The number of fused-ring (bicyclic) bond motifs is 2. The molecule has 2 aromatic rings. The summed E-state index contributed by atoms with van der Waals surface area (Å²) >= 11 is 0. The molecule has 0 bridgehead atoms. The maximum Gasteiger partial charge on any atom is 0.339 e. The van der Waals surface area contributed by atoms with Crippen molar-refractivity contribution in [1.82, 2.24) is 0 Å². The molecule has 0 radical (unpaired) electrons. The highest BCUT2D eigenvalue weighted by atomic mass is 16.6. The Labute approximate surface area is 221 Å². The Bertz CT molecular complexity index is 1400. The van der Waals surface area contributed by atoms with Crippen LogP contribution in [0.2, 0.25) is 0 Å². The minimum atomic E-state index is -1.82. The zero-order valence-corrected chi connectivity index (χ0v) is 21.3. The van der Waals surface area contributed by atoms with Crippen molar-refractivity contribution >= 4 is 17.5 Å². The highest BCUT2D eigenvalue weighted by Crippen LogP contribution is 2.52. The largest absolute Gasteiger partial charge is 0.507 e. The number of phenolic OH excluding ortho intramolecular Hbond substituents is 3. The van der Waals surface area contributed by atoms with E-state index in [9.17, 15) is 55.2 Å². The summed E-state index contributed by atoms with van der Waals surface area (Å²) in [6.07, 6.45) is -8.00. The van der Waals surface area contributed by atoms with Crippen molar-refractivity contribution in [1.29, 1.82) is 0 Å². The van der Waals surface area contributed by atoms with E-state index in [1.807, 2.05) is 0 Å². The molecular weight excluding hydrogens is 520 g/mol. The molecule has 1 unspecified atom stereocenters. The number of aliphatic hydroxyl groups excluding tert-OH is 3. The first kappa shape index (κ1) is 28.3. The smallest absolute Gasteiger partial charge is 0.339 e. The summed E-state index contributed by atoms with van der Waals surface area (Å²) in [5, 5.41) is 84.0. The standard InChI is InChI=1S/C26H28O13/c1-7-11-8(5-9(28)12(7)25(36)37)16(29)13-14(18(11)31)19(32)15(21(34)20(13)33)23-22(35)24(39-26(2,3)4)17(30)10(6-27)38-23/h5,10,17,22-24,27-28,30,32-35H,6H2,1-4H3,(H,36,37)/t10-,17-,22+,23?,24+/m1/s1. The van der Waals surface area contributed by atoms with E-state index < -0.39 is 117 Å². The molecular formula is C26H28O13. The van der Waals surface area contributed by atoms with Gasteiger partial charge in [0.25, 0.3) is 0 Å². The van der Waals surface area contributed by atoms with Crippen LogP contribution in [0, 0.1) is 6.92 Å². The molecule has 0 spiro atoms. The van der Waals surface area contributed by atoms with Gasteiger partial charge in [-0.15, -0.1) is 0 Å². The first-order valence-electron chi connectivity index (χ1n) is 11.8. The number of ether oxygens (including phenoxy) is 2. The van der Waals surface area contributed by atoms with Gasteiger partial charge in [0.1, 0.15) is 47.6 Å². The summed E-state index contributed by atoms with van der Waals surface area (Å²) < 4.78 is 11.3. The van der Waals surface area contributed by atoms with E-state index in [1.54, 1.807) is 20.8 Å². The molecule has 1 heterocycles. The Morgan fingerprint density at radius 1 is 0.949 bits per heavy atom. The van der Waals surface area contributed by atoms with Crippen LogP contribution in [0.5, 0.6) is 23.0 Å². The molecule has 1 aliphatic heterocycles. The van der Waals surface area contributed by atoms with E-state index in [4.69, 9.17) is 9.47 Å². The van der Waals surface area contributed by atoms with Gasteiger partial charge in [-0.25, -0.2) is 4.79 Å². The van der Waals surface area contributed by atoms with Crippen LogP contribution in [-0.2, 0) is 9.47 Å². The summed E-state index contributed by atoms with van der Waals surface area (Å²) in [4.78, 5) is 38.6. The van der Waals surface area contributed by atoms with E-state index in [0.29, 0.717) is 0 Å². The van der Waals surface area contributed by atoms with Crippen molar-refractivity contribution in [2.75, 3.05) is 6.61 Å². The normalized spacial score (nSPS) is 24.8. The SMILES string of the molecule is Cc1c(C(=O)O)c(O)cc2c1C(=O)c1c(O)c(C3O[C@H](CO)[C@@H](O)[C@H](OC(C)(C)C)[C@H]3O)c(O)c(O)c1C2=O. The molecule has 2 aliphatic rings. The highest BCUT2D eigenvalue weighted by Gasteiger charge is 2.50. The Morgan fingerprint density at radius 2 is 1.54 bits per heavy atom. The van der Waals surface area contributed by atoms with Gasteiger partial charge in [-0.05, 0) is 39.3 Å². The lowest BCUT2D eigenvalue weighted by Gasteiger charge is -2.44. The van der Waals surface area contributed by atoms with Crippen molar-refractivity contribution < 1.29 is 64.7 Å². The third kappa shape index (κ3) is 4.28. The van der Waals surface area contributed by atoms with Gasteiger partial charge in [0.2, 0.25) is 0 Å². The van der Waals surface area contributed by atoms with Gasteiger partial charge >= 0.3 is 5.97 Å². The average molecular weight is 548 g/mol. The molecule has 1 aliphatic carbocycles. The van der Waals surface area contributed by atoms with Gasteiger partial charge in [-0.1, -0.05) is 0 Å². The molecule has 8 N–H and O–H groups in total.